The number of nitrogens with two attached hydrogens (primary N) is 1. The molecule has 0 aliphatic carbocycles. The van der Waals surface area contributed by atoms with Crippen LogP contribution in [0.5, 0.6) is 0 Å². The monoisotopic (exact) mass is 255 g/mol. The van der Waals surface area contributed by atoms with E-state index in [1.807, 2.05) is 0 Å². The molecule has 1 amide bonds. The lowest BCUT2D eigenvalue weighted by molar-refractivity contribution is -0.118. The van der Waals surface area contributed by atoms with Gasteiger partial charge in [0.2, 0.25) is 5.91 Å². The van der Waals surface area contributed by atoms with Crippen molar-refractivity contribution in [2.75, 3.05) is 5.75 Å². The molecule has 1 aromatic rings. The van der Waals surface area contributed by atoms with E-state index in [0.29, 0.717) is 11.1 Å². The zero-order chi connectivity index (χ0) is 12.8. The van der Waals surface area contributed by atoms with Crippen LogP contribution >= 0.6 is 11.8 Å². The average Bonchev–Trinajstić information content (AvgIpc) is 2.28. The Balaban J connectivity index is 2.42. The molecule has 1 rings (SSSR count). The van der Waals surface area contributed by atoms with Crippen molar-refractivity contribution in [3.63, 3.8) is 0 Å². The van der Waals surface area contributed by atoms with Crippen molar-refractivity contribution in [2.45, 2.75) is 13.5 Å². The lowest BCUT2D eigenvalue weighted by Gasteiger charge is -2.05. The zero-order valence-corrected chi connectivity index (χ0v) is 10.2. The molecule has 92 valence electrons. The summed E-state index contributed by atoms with van der Waals surface area (Å²) in [5.74, 6) is -0.412. The second kappa shape index (κ2) is 6.24. The van der Waals surface area contributed by atoms with Crippen LogP contribution in [0, 0.1) is 18.2 Å². The Morgan fingerprint density at radius 3 is 2.88 bits per heavy atom. The van der Waals surface area contributed by atoms with Crippen LogP contribution in [-0.4, -0.2) is 16.8 Å². The van der Waals surface area contributed by atoms with Crippen molar-refractivity contribution < 1.29 is 9.18 Å². The maximum Gasteiger partial charge on any atom is 0.230 e. The lowest BCUT2D eigenvalue weighted by atomic mass is 10.1. The molecule has 0 bridgehead atoms. The molecule has 0 fully saturated rings. The molecule has 6 heteroatoms. The molecule has 4 N–H and O–H groups in total. The van der Waals surface area contributed by atoms with E-state index in [1.54, 1.807) is 19.1 Å². The number of halogens is 1. The first-order valence-corrected chi connectivity index (χ1v) is 5.96. The number of amides is 1. The van der Waals surface area contributed by atoms with Crippen LogP contribution in [0.1, 0.15) is 11.1 Å². The highest BCUT2D eigenvalue weighted by Gasteiger charge is 2.04. The number of thioether (sulfide) groups is 1. The molecule has 0 aromatic heterocycles. The molecule has 0 saturated carbocycles. The maximum atomic E-state index is 13.2. The fourth-order valence-electron chi connectivity index (χ4n) is 1.14. The van der Waals surface area contributed by atoms with Crippen LogP contribution in [0.15, 0.2) is 18.2 Å². The first-order chi connectivity index (χ1) is 7.99. The number of carbonyl (C=O) groups excluding carboxylic acids is 1. The highest BCUT2D eigenvalue weighted by molar-refractivity contribution is 8.14. The largest absolute Gasteiger partial charge is 0.379 e. The zero-order valence-electron chi connectivity index (χ0n) is 9.42. The van der Waals surface area contributed by atoms with Gasteiger partial charge < -0.3 is 11.1 Å². The van der Waals surface area contributed by atoms with E-state index in [1.165, 1.54) is 6.07 Å². The molecular formula is C11H14FN3OS. The molecule has 0 aliphatic rings. The van der Waals surface area contributed by atoms with Crippen LogP contribution < -0.4 is 11.1 Å². The second-order valence-electron chi connectivity index (χ2n) is 3.51. The second-order valence-corrected chi connectivity index (χ2v) is 4.53. The van der Waals surface area contributed by atoms with Gasteiger partial charge in [0.15, 0.2) is 5.17 Å². The number of rotatable bonds is 4. The van der Waals surface area contributed by atoms with Gasteiger partial charge in [-0.2, -0.15) is 0 Å². The van der Waals surface area contributed by atoms with Gasteiger partial charge in [0.25, 0.3) is 0 Å². The molecule has 0 radical (unpaired) electrons. The van der Waals surface area contributed by atoms with E-state index >= 15 is 0 Å². The first kappa shape index (κ1) is 13.5. The summed E-state index contributed by atoms with van der Waals surface area (Å²) in [6.07, 6.45) is 0. The summed E-state index contributed by atoms with van der Waals surface area (Å²) in [7, 11) is 0. The standard InChI is InChI=1S/C11H14FN3OS/c1-7-2-3-8(4-9(7)12)5-15-10(16)6-17-11(13)14/h2-4H,5-6H2,1H3,(H3,13,14)(H,15,16). The van der Waals surface area contributed by atoms with E-state index in [2.05, 4.69) is 5.32 Å². The number of hydrogen-bond acceptors (Lipinski definition) is 3. The summed E-state index contributed by atoms with van der Waals surface area (Å²) in [5.41, 5.74) is 6.38. The number of amidine groups is 1. The number of nitrogens with one attached hydrogen (secondary N) is 2. The number of benzene rings is 1. The summed E-state index contributed by atoms with van der Waals surface area (Å²) in [4.78, 5) is 11.3. The minimum absolute atomic E-state index is 0.0958. The van der Waals surface area contributed by atoms with E-state index in [-0.39, 0.29) is 29.2 Å². The molecule has 0 aliphatic heterocycles. The van der Waals surface area contributed by atoms with Crippen LogP contribution in [0.3, 0.4) is 0 Å². The van der Waals surface area contributed by atoms with Crippen molar-refractivity contribution in [3.05, 3.63) is 35.1 Å². The topological polar surface area (TPSA) is 79.0 Å². The molecule has 1 aromatic carbocycles. The molecule has 17 heavy (non-hydrogen) atoms. The smallest absolute Gasteiger partial charge is 0.230 e. The van der Waals surface area contributed by atoms with Gasteiger partial charge in [0.05, 0.1) is 5.75 Å². The minimum Gasteiger partial charge on any atom is -0.379 e. The predicted octanol–water partition coefficient (Wildman–Crippen LogP) is 1.38. The van der Waals surface area contributed by atoms with Gasteiger partial charge in [0.1, 0.15) is 5.82 Å². The molecule has 0 spiro atoms. The summed E-state index contributed by atoms with van der Waals surface area (Å²) in [6.45, 7) is 1.95. The molecule has 0 atom stereocenters. The Morgan fingerprint density at radius 2 is 2.29 bits per heavy atom. The third-order valence-electron chi connectivity index (χ3n) is 2.08. The quantitative estimate of drug-likeness (QED) is 0.561. The first-order valence-electron chi connectivity index (χ1n) is 4.97. The number of hydrogen-bond donors (Lipinski definition) is 3. The summed E-state index contributed by atoms with van der Waals surface area (Å²) in [6, 6.07) is 4.83. The van der Waals surface area contributed by atoms with Crippen molar-refractivity contribution in [1.29, 1.82) is 5.41 Å². The van der Waals surface area contributed by atoms with E-state index < -0.39 is 0 Å². The summed E-state index contributed by atoms with van der Waals surface area (Å²) >= 11 is 0.955. The van der Waals surface area contributed by atoms with Gasteiger partial charge in [0, 0.05) is 6.54 Å². The Hall–Kier alpha value is -1.56. The normalized spacial score (nSPS) is 10.0. The Kier molecular flexibility index (Phi) is 4.96. The Labute approximate surface area is 103 Å². The highest BCUT2D eigenvalue weighted by Crippen LogP contribution is 2.08. The van der Waals surface area contributed by atoms with Gasteiger partial charge in [-0.15, -0.1) is 0 Å². The highest BCUT2D eigenvalue weighted by atomic mass is 32.2. The van der Waals surface area contributed by atoms with Crippen LogP contribution in [-0.2, 0) is 11.3 Å². The third kappa shape index (κ3) is 4.86. The van der Waals surface area contributed by atoms with Crippen LogP contribution in [0.25, 0.3) is 0 Å². The van der Waals surface area contributed by atoms with Crippen molar-refractivity contribution in [3.8, 4) is 0 Å². The van der Waals surface area contributed by atoms with E-state index in [4.69, 9.17) is 11.1 Å². The fourth-order valence-corrected chi connectivity index (χ4v) is 1.53. The van der Waals surface area contributed by atoms with Crippen molar-refractivity contribution in [1.82, 2.24) is 5.32 Å². The molecule has 0 heterocycles. The van der Waals surface area contributed by atoms with Gasteiger partial charge in [-0.25, -0.2) is 4.39 Å². The third-order valence-corrected chi connectivity index (χ3v) is 2.80. The molecule has 0 unspecified atom stereocenters. The number of aryl methyl sites for hydroxylation is 1. The minimum atomic E-state index is -0.283. The summed E-state index contributed by atoms with van der Waals surface area (Å²) < 4.78 is 13.2. The van der Waals surface area contributed by atoms with Gasteiger partial charge in [-0.05, 0) is 24.1 Å². The van der Waals surface area contributed by atoms with Gasteiger partial charge >= 0.3 is 0 Å². The van der Waals surface area contributed by atoms with Crippen molar-refractivity contribution >= 4 is 22.8 Å². The average molecular weight is 255 g/mol. The van der Waals surface area contributed by atoms with Crippen molar-refractivity contribution in [2.24, 2.45) is 5.73 Å². The Bertz CT molecular complexity index is 437. The molecule has 0 saturated heterocycles. The SMILES string of the molecule is Cc1ccc(CNC(=O)CSC(=N)N)cc1F. The maximum absolute atomic E-state index is 13.2. The van der Waals surface area contributed by atoms with E-state index in [0.717, 1.165) is 11.8 Å². The summed E-state index contributed by atoms with van der Waals surface area (Å²) in [5, 5.41) is 9.47. The fraction of sp³-hybridized carbons (Fsp3) is 0.273. The molecule has 4 nitrogen and oxygen atoms in total. The van der Waals surface area contributed by atoms with E-state index in [9.17, 15) is 9.18 Å². The predicted molar refractivity (Wildman–Crippen MR) is 67.4 cm³/mol. The lowest BCUT2D eigenvalue weighted by Crippen LogP contribution is -2.25. The van der Waals surface area contributed by atoms with Gasteiger partial charge in [-0.3, -0.25) is 10.2 Å². The molecular weight excluding hydrogens is 241 g/mol. The van der Waals surface area contributed by atoms with Crippen LogP contribution in [0.4, 0.5) is 4.39 Å². The van der Waals surface area contributed by atoms with Gasteiger partial charge in [-0.1, -0.05) is 23.9 Å². The Morgan fingerprint density at radius 1 is 1.59 bits per heavy atom. The van der Waals surface area contributed by atoms with Crippen LogP contribution in [0.2, 0.25) is 0 Å². The number of carbonyl (C=O) groups is 1.